The summed E-state index contributed by atoms with van der Waals surface area (Å²) in [5.41, 5.74) is 29.4. The Hall–Kier alpha value is -10.7. The number of fused-ring (bicyclic) bond motifs is 1. The highest BCUT2D eigenvalue weighted by molar-refractivity contribution is 8.76. The van der Waals surface area contributed by atoms with Crippen LogP contribution >= 0.6 is 33.3 Å². The number of carbonyl (C=O) groups is 19. The largest absolute Gasteiger partial charge is 0.481 e. The normalized spacial score (nSPS) is 24.3. The summed E-state index contributed by atoms with van der Waals surface area (Å²) in [6, 6.07) is -15.4. The second-order valence-corrected chi connectivity index (χ2v) is 40.1. The molecular formula is C91H149N23O21S3. The van der Waals surface area contributed by atoms with Gasteiger partial charge in [0.1, 0.15) is 103 Å². The van der Waals surface area contributed by atoms with E-state index < -0.39 is 234 Å². The van der Waals surface area contributed by atoms with Crippen molar-refractivity contribution in [3.8, 4) is 0 Å². The van der Waals surface area contributed by atoms with Gasteiger partial charge in [0.2, 0.25) is 106 Å². The van der Waals surface area contributed by atoms with E-state index in [2.05, 4.69) is 74.1 Å². The van der Waals surface area contributed by atoms with Crippen LogP contribution in [0.1, 0.15) is 221 Å². The Bertz CT molecular complexity index is 4310. The van der Waals surface area contributed by atoms with Gasteiger partial charge in [-0.15, -0.1) is 0 Å². The molecule has 0 radical (unpaired) electrons. The van der Waals surface area contributed by atoms with Gasteiger partial charge >= 0.3 is 5.97 Å². The number of rotatable bonds is 42. The van der Waals surface area contributed by atoms with Crippen molar-refractivity contribution < 1.29 is 101 Å². The minimum Gasteiger partial charge on any atom is -0.481 e. The van der Waals surface area contributed by atoms with Crippen LogP contribution in [0.25, 0.3) is 0 Å². The Balaban J connectivity index is 1.49. The van der Waals surface area contributed by atoms with Crippen LogP contribution in [0, 0.1) is 11.8 Å². The number of guanidine groups is 1. The van der Waals surface area contributed by atoms with Crippen molar-refractivity contribution in [2.45, 2.75) is 325 Å². The number of hydrogen-bond acceptors (Lipinski definition) is 26. The number of thioether (sulfide) groups is 1. The van der Waals surface area contributed by atoms with Crippen molar-refractivity contribution in [2.24, 2.45) is 45.5 Å². The molecule has 1 aromatic carbocycles. The molecule has 0 aromatic heterocycles. The molecule has 0 saturated carbocycles. The molecule has 5 aliphatic rings. The number of aliphatic imine (C=N–C) groups is 1. The average Bonchev–Trinajstić information content (AvgIpc) is 1.67. The number of likely N-dealkylation sites (tertiary alicyclic amines) is 3. The SMILES string of the molecule is CCCCCC[C@@H]1NC(=O)[C@H](CCCCN)NC(=O)[C@H](CCCN=C(N)N)NC(=O)[C@H](CC(C)C)NC(=O)[C@@H](NC(=O)[C@H](CCSC)NC(=O)[C@@H]2CCCN2C(=O)[C@@H](NC(C)=O)C(C)C)CCSSC[C@@H](C(=O)N[C@@H](CCCCN)C(=O)N2CCC[C@H]2C(=O)N2CCC[C@H]2C(=O)N[C@@H](CCC(=O)O)C(N)=O)NC(=O)[C@H](Cc2ccccc2)NC(=O)[C@H](CO)NC(=O)[C@H](C)NC(=O)[C@@H]2CCCN2C1=O. The molecule has 0 unspecified atom stereocenters. The maximum Gasteiger partial charge on any atom is 0.303 e. The zero-order chi connectivity index (χ0) is 102. The summed E-state index contributed by atoms with van der Waals surface area (Å²) in [6.07, 6.45) is 5.90. The molecule has 5 aliphatic heterocycles. The fraction of sp³-hybridized carbons (Fsp3) is 0.714. The van der Waals surface area contributed by atoms with Crippen LogP contribution in [-0.4, -0.2) is 327 Å². The summed E-state index contributed by atoms with van der Waals surface area (Å²) in [5, 5.41) is 55.7. The number of benzene rings is 1. The molecule has 5 heterocycles. The number of amides is 18. The maximum atomic E-state index is 15.6. The Morgan fingerprint density at radius 1 is 0.543 bits per heavy atom. The number of aliphatic hydroxyl groups excluding tert-OH is 1. The summed E-state index contributed by atoms with van der Waals surface area (Å²) in [6.45, 7) is 11.0. The molecule has 5 fully saturated rings. The lowest BCUT2D eigenvalue weighted by Gasteiger charge is -2.33. The van der Waals surface area contributed by atoms with Gasteiger partial charge in [-0.25, -0.2) is 0 Å². The molecular weight excluding hydrogens is 1850 g/mol. The van der Waals surface area contributed by atoms with Crippen LogP contribution in [0.15, 0.2) is 35.3 Å². The first kappa shape index (κ1) is 116. The second kappa shape index (κ2) is 60.4. The Morgan fingerprint density at radius 2 is 1.09 bits per heavy atom. The number of carboxylic acid groups (broad SMARTS) is 1. The molecule has 0 bridgehead atoms. The first-order valence-electron chi connectivity index (χ1n) is 48.3. The monoisotopic (exact) mass is 2000 g/mol. The average molecular weight is 2000 g/mol. The molecule has 18 amide bonds. The maximum absolute atomic E-state index is 15.6. The fourth-order valence-electron chi connectivity index (χ4n) is 17.2. The van der Waals surface area contributed by atoms with E-state index in [1.54, 1.807) is 64.3 Å². The van der Waals surface area contributed by atoms with E-state index >= 15 is 43.2 Å². The molecule has 6 rings (SSSR count). The molecule has 44 nitrogen and oxygen atoms in total. The molecule has 772 valence electrons. The third-order valence-corrected chi connectivity index (χ3v) is 27.8. The molecule has 17 atom stereocenters. The van der Waals surface area contributed by atoms with Gasteiger partial charge in [0.15, 0.2) is 5.96 Å². The number of carboxylic acids is 1. The van der Waals surface area contributed by atoms with E-state index in [1.165, 1.54) is 45.2 Å². The number of primary amides is 1. The van der Waals surface area contributed by atoms with Gasteiger partial charge < -0.3 is 128 Å². The topological polar surface area (TPSA) is 677 Å². The van der Waals surface area contributed by atoms with Crippen molar-refractivity contribution in [3.63, 3.8) is 0 Å². The number of nitrogens with zero attached hydrogens (tertiary/aromatic N) is 5. The van der Waals surface area contributed by atoms with Crippen molar-refractivity contribution in [1.82, 2.24) is 88.7 Å². The van der Waals surface area contributed by atoms with E-state index in [4.69, 9.17) is 28.7 Å². The molecule has 0 spiro atoms. The lowest BCUT2D eigenvalue weighted by atomic mass is 10.0. The lowest BCUT2D eigenvalue weighted by Crippen LogP contribution is -2.61. The summed E-state index contributed by atoms with van der Waals surface area (Å²) in [4.78, 5) is 285. The third-order valence-electron chi connectivity index (χ3n) is 24.8. The highest BCUT2D eigenvalue weighted by Gasteiger charge is 2.47. The Kier molecular flexibility index (Phi) is 50.8. The van der Waals surface area contributed by atoms with Crippen LogP contribution in [0.2, 0.25) is 0 Å². The van der Waals surface area contributed by atoms with Crippen molar-refractivity contribution in [1.29, 1.82) is 0 Å². The number of nitrogens with one attached hydrogen (secondary N) is 13. The van der Waals surface area contributed by atoms with Gasteiger partial charge in [-0.3, -0.25) is 96.1 Å². The summed E-state index contributed by atoms with van der Waals surface area (Å²) < 4.78 is 0. The molecule has 1 aromatic rings. The summed E-state index contributed by atoms with van der Waals surface area (Å²) >= 11 is 1.34. The Morgan fingerprint density at radius 3 is 1.69 bits per heavy atom. The smallest absolute Gasteiger partial charge is 0.303 e. The Labute approximate surface area is 819 Å². The predicted molar refractivity (Wildman–Crippen MR) is 520 cm³/mol. The van der Waals surface area contributed by atoms with Gasteiger partial charge in [0, 0.05) is 64.0 Å². The van der Waals surface area contributed by atoms with Gasteiger partial charge in [0.05, 0.1) is 6.61 Å². The lowest BCUT2D eigenvalue weighted by molar-refractivity contribution is -0.148. The van der Waals surface area contributed by atoms with E-state index in [0.29, 0.717) is 56.9 Å². The van der Waals surface area contributed by atoms with Crippen molar-refractivity contribution in [2.75, 3.05) is 75.9 Å². The van der Waals surface area contributed by atoms with Crippen LogP contribution in [0.4, 0.5) is 0 Å². The minimum absolute atomic E-state index is 0.00114. The van der Waals surface area contributed by atoms with E-state index in [0.717, 1.165) is 34.4 Å². The standard InChI is InChI=1S/C91H149N23O21S3/c1-9-10-11-15-28-62-87(132)111-42-21-31-68(111)84(129)98-54(6)75(120)109-66(50-115)82(127)108-65(49-56-25-13-12-14-26-56)81(126)110-67(83(128)106-63(29-17-19-40-93)88(133)114-45-24-34-71(114)89(134)112-43-22-32-69(112)85(130)100-57(74(94)119)35-36-72(117)118)51-138-137-47-38-61(103-78(123)60(37-46-136-8)104-86(131)70-33-23-44-113(70)90(135)73(53(4)5)99-55(7)116)79(124)107-64(48-52(2)3)80(125)102-59(30-20-41-97-91(95)96)76(121)101-58(77(122)105-62)27-16-18-39-92/h12-14,25-26,52-54,57-71,73,115H,9-11,15-24,27-51,92-93H2,1-8H3,(H2,94,119)(H,98,129)(H,99,116)(H,100,130)(H,101,121)(H,102,125)(H,103,123)(H,104,131)(H,105,122)(H,106,128)(H,107,124)(H,108,127)(H,109,120)(H,110,126)(H,117,118)(H4,95,96,97)/t54-,57-,58-,59-,60-,61-,62-,63-,64-,65-,66-,67-,68-,69-,70-,71-,73-/m0/s1. The number of carbonyl (C=O) groups excluding carboxylic acids is 18. The minimum atomic E-state index is -1.83. The number of unbranched alkanes of at least 4 members (excludes halogenated alkanes) is 5. The zero-order valence-electron chi connectivity index (χ0n) is 80.7. The zero-order valence-corrected chi connectivity index (χ0v) is 83.2. The van der Waals surface area contributed by atoms with Gasteiger partial charge in [-0.1, -0.05) is 112 Å². The quantitative estimate of drug-likeness (QED) is 0.0138. The third kappa shape index (κ3) is 37.5. The number of hydrogen-bond donors (Lipinski definition) is 20. The number of aliphatic carboxylic acids is 1. The number of aliphatic hydroxyl groups is 1. The van der Waals surface area contributed by atoms with Gasteiger partial charge in [-0.2, -0.15) is 11.8 Å². The summed E-state index contributed by atoms with van der Waals surface area (Å²) in [7, 11) is 1.98. The van der Waals surface area contributed by atoms with Crippen LogP contribution in [0.3, 0.4) is 0 Å². The molecule has 47 heteroatoms. The van der Waals surface area contributed by atoms with E-state index in [1.807, 2.05) is 6.92 Å². The fourth-order valence-corrected chi connectivity index (χ4v) is 19.9. The van der Waals surface area contributed by atoms with E-state index in [9.17, 15) is 58.2 Å². The highest BCUT2D eigenvalue weighted by atomic mass is 33.1. The number of nitrogens with two attached hydrogens (primary N) is 5. The highest BCUT2D eigenvalue weighted by Crippen LogP contribution is 2.30. The van der Waals surface area contributed by atoms with Crippen LogP contribution in [-0.2, 0) is 97.5 Å². The molecule has 0 aliphatic carbocycles. The van der Waals surface area contributed by atoms with Crippen LogP contribution in [0.5, 0.6) is 0 Å². The summed E-state index contributed by atoms with van der Waals surface area (Å²) in [5.74, 6) is -17.3. The van der Waals surface area contributed by atoms with Gasteiger partial charge in [-0.05, 0) is 184 Å². The van der Waals surface area contributed by atoms with Crippen LogP contribution < -0.4 is 97.8 Å². The first-order valence-corrected chi connectivity index (χ1v) is 52.1. The van der Waals surface area contributed by atoms with Gasteiger partial charge in [0.25, 0.3) is 0 Å². The van der Waals surface area contributed by atoms with Crippen molar-refractivity contribution in [3.05, 3.63) is 35.9 Å². The van der Waals surface area contributed by atoms with Crippen molar-refractivity contribution >= 4 is 152 Å². The molecule has 5 saturated heterocycles. The molecule has 25 N–H and O–H groups in total. The first-order chi connectivity index (χ1) is 65.8. The molecule has 138 heavy (non-hydrogen) atoms. The predicted octanol–water partition coefficient (Wildman–Crippen LogP) is -2.60. The van der Waals surface area contributed by atoms with E-state index in [-0.39, 0.29) is 178 Å². The second-order valence-electron chi connectivity index (χ2n) is 36.5.